The summed E-state index contributed by atoms with van der Waals surface area (Å²) in [7, 11) is 0. The van der Waals surface area contributed by atoms with Gasteiger partial charge in [-0.25, -0.2) is 9.87 Å². The quantitative estimate of drug-likeness (QED) is 0.198. The van der Waals surface area contributed by atoms with Crippen LogP contribution >= 0.6 is 22.6 Å². The summed E-state index contributed by atoms with van der Waals surface area (Å²) in [6.07, 6.45) is -3.87. The minimum atomic E-state index is -4.83. The van der Waals surface area contributed by atoms with E-state index in [2.05, 4.69) is 20.4 Å². The van der Waals surface area contributed by atoms with Gasteiger partial charge in [-0.2, -0.15) is 13.2 Å². The van der Waals surface area contributed by atoms with E-state index in [1.165, 1.54) is 12.1 Å². The number of anilines is 2. The number of pyridine rings is 1. The third kappa shape index (κ3) is 4.56. The van der Waals surface area contributed by atoms with E-state index >= 15 is 0 Å². The van der Waals surface area contributed by atoms with Gasteiger partial charge in [0.15, 0.2) is 5.65 Å². The summed E-state index contributed by atoms with van der Waals surface area (Å²) in [5, 5.41) is 18.3. The molecule has 0 radical (unpaired) electrons. The van der Waals surface area contributed by atoms with Crippen LogP contribution < -0.4 is 10.8 Å². The van der Waals surface area contributed by atoms with Crippen LogP contribution in [0, 0.1) is 9.39 Å². The molecule has 0 aliphatic heterocycles. The third-order valence-electron chi connectivity index (χ3n) is 3.67. The van der Waals surface area contributed by atoms with Crippen molar-refractivity contribution in [3.63, 3.8) is 0 Å². The summed E-state index contributed by atoms with van der Waals surface area (Å²) < 4.78 is 56.1. The molecule has 0 aliphatic carbocycles. The van der Waals surface area contributed by atoms with Crippen molar-refractivity contribution >= 4 is 45.7 Å². The number of benzene rings is 1. The van der Waals surface area contributed by atoms with Crippen LogP contribution in [0.4, 0.5) is 29.1 Å². The predicted molar refractivity (Wildman–Crippen MR) is 101 cm³/mol. The van der Waals surface area contributed by atoms with Gasteiger partial charge in [0.2, 0.25) is 0 Å². The van der Waals surface area contributed by atoms with E-state index in [-0.39, 0.29) is 18.1 Å². The Kier molecular flexibility index (Phi) is 6.18. The second kappa shape index (κ2) is 8.46. The number of halogens is 5. The highest BCUT2D eigenvalue weighted by molar-refractivity contribution is 14.1. The third-order valence-corrected chi connectivity index (χ3v) is 4.34. The highest BCUT2D eigenvalue weighted by Crippen LogP contribution is 2.36. The van der Waals surface area contributed by atoms with Crippen molar-refractivity contribution < 1.29 is 32.3 Å². The summed E-state index contributed by atoms with van der Waals surface area (Å²) >= 11 is 1.90. The SMILES string of the molecule is O=C(NOCCO)c1cc(C(F)(F)F)c2nncn2c1Nc1ccc(I)cc1F. The normalized spacial score (nSPS) is 11.7. The fourth-order valence-corrected chi connectivity index (χ4v) is 2.89. The highest BCUT2D eigenvalue weighted by Gasteiger charge is 2.36. The number of hydroxylamine groups is 1. The lowest BCUT2D eigenvalue weighted by Gasteiger charge is -2.17. The van der Waals surface area contributed by atoms with Crippen LogP contribution in [-0.2, 0) is 11.0 Å². The Hall–Kier alpha value is -2.52. The summed E-state index contributed by atoms with van der Waals surface area (Å²) in [5.41, 5.74) is -0.431. The van der Waals surface area contributed by atoms with Crippen LogP contribution in [0.25, 0.3) is 5.65 Å². The molecule has 3 rings (SSSR count). The van der Waals surface area contributed by atoms with E-state index in [9.17, 15) is 22.4 Å². The Morgan fingerprint density at radius 1 is 1.31 bits per heavy atom. The van der Waals surface area contributed by atoms with Gasteiger partial charge < -0.3 is 10.4 Å². The Balaban J connectivity index is 2.16. The Bertz CT molecular complexity index is 1060. The van der Waals surface area contributed by atoms with Crippen molar-refractivity contribution in [2.75, 3.05) is 18.5 Å². The lowest BCUT2D eigenvalue weighted by atomic mass is 10.1. The molecule has 154 valence electrons. The van der Waals surface area contributed by atoms with Gasteiger partial charge in [0.05, 0.1) is 24.5 Å². The molecule has 0 spiro atoms. The van der Waals surface area contributed by atoms with Crippen molar-refractivity contribution in [1.82, 2.24) is 20.1 Å². The molecule has 2 heterocycles. The minimum absolute atomic E-state index is 0.0782. The molecule has 0 aliphatic rings. The minimum Gasteiger partial charge on any atom is -0.394 e. The van der Waals surface area contributed by atoms with Gasteiger partial charge in [-0.05, 0) is 46.9 Å². The summed E-state index contributed by atoms with van der Waals surface area (Å²) in [4.78, 5) is 17.1. The molecule has 0 bridgehead atoms. The number of aromatic nitrogens is 3. The zero-order chi connectivity index (χ0) is 21.2. The molecule has 29 heavy (non-hydrogen) atoms. The average molecular weight is 525 g/mol. The standard InChI is InChI=1S/C16H12F4IN5O3/c17-11-5-8(21)1-2-12(11)23-13-9(15(28)25-29-4-3-27)6-10(16(18,19)20)14-24-22-7-26(13)14/h1-2,5-7,23,27H,3-4H2,(H,25,28). The molecular weight excluding hydrogens is 513 g/mol. The number of alkyl halides is 3. The van der Waals surface area contributed by atoms with E-state index in [0.29, 0.717) is 9.64 Å². The lowest BCUT2D eigenvalue weighted by molar-refractivity contribution is -0.136. The van der Waals surface area contributed by atoms with Crippen molar-refractivity contribution in [2.45, 2.75) is 6.18 Å². The molecule has 2 aromatic heterocycles. The topological polar surface area (TPSA) is 101 Å². The monoisotopic (exact) mass is 525 g/mol. The van der Waals surface area contributed by atoms with Gasteiger partial charge in [0, 0.05) is 3.57 Å². The molecule has 8 nitrogen and oxygen atoms in total. The molecule has 0 fully saturated rings. The number of fused-ring (bicyclic) bond motifs is 1. The number of carbonyl (C=O) groups is 1. The maximum atomic E-state index is 14.3. The van der Waals surface area contributed by atoms with Crippen LogP contribution in [-0.4, -0.2) is 38.8 Å². The number of nitrogens with zero attached hydrogens (tertiary/aromatic N) is 3. The molecule has 1 aromatic carbocycles. The molecule has 3 N–H and O–H groups in total. The van der Waals surface area contributed by atoms with Crippen LogP contribution in [0.1, 0.15) is 15.9 Å². The fourth-order valence-electron chi connectivity index (χ4n) is 2.43. The number of aliphatic hydroxyl groups is 1. The first-order chi connectivity index (χ1) is 13.7. The molecule has 0 saturated heterocycles. The van der Waals surface area contributed by atoms with Crippen LogP contribution in [0.15, 0.2) is 30.6 Å². The zero-order valence-corrected chi connectivity index (χ0v) is 16.5. The van der Waals surface area contributed by atoms with Crippen molar-refractivity contribution in [1.29, 1.82) is 0 Å². The number of aliphatic hydroxyl groups excluding tert-OH is 1. The summed E-state index contributed by atoms with van der Waals surface area (Å²) in [6, 6.07) is 4.72. The van der Waals surface area contributed by atoms with Crippen molar-refractivity contribution in [3.8, 4) is 0 Å². The largest absolute Gasteiger partial charge is 0.420 e. The maximum absolute atomic E-state index is 14.3. The van der Waals surface area contributed by atoms with Gasteiger partial charge >= 0.3 is 6.18 Å². The molecule has 0 saturated carbocycles. The average Bonchev–Trinajstić information content (AvgIpc) is 3.12. The smallest absolute Gasteiger partial charge is 0.394 e. The first-order valence-electron chi connectivity index (χ1n) is 7.91. The fraction of sp³-hybridized carbons (Fsp3) is 0.188. The molecule has 3 aromatic rings. The number of rotatable bonds is 6. The number of hydrogen-bond acceptors (Lipinski definition) is 6. The van der Waals surface area contributed by atoms with Gasteiger partial charge in [-0.15, -0.1) is 10.2 Å². The van der Waals surface area contributed by atoms with Crippen molar-refractivity contribution in [3.05, 3.63) is 51.1 Å². The van der Waals surface area contributed by atoms with E-state index in [1.54, 1.807) is 6.07 Å². The van der Waals surface area contributed by atoms with Gasteiger partial charge in [0.25, 0.3) is 5.91 Å². The highest BCUT2D eigenvalue weighted by atomic mass is 127. The Morgan fingerprint density at radius 3 is 2.72 bits per heavy atom. The van der Waals surface area contributed by atoms with Gasteiger partial charge in [0.1, 0.15) is 23.5 Å². The van der Waals surface area contributed by atoms with Crippen LogP contribution in [0.3, 0.4) is 0 Å². The van der Waals surface area contributed by atoms with Crippen molar-refractivity contribution in [2.24, 2.45) is 0 Å². The molecule has 0 atom stereocenters. The second-order valence-electron chi connectivity index (χ2n) is 5.60. The zero-order valence-electron chi connectivity index (χ0n) is 14.3. The number of nitrogens with one attached hydrogen (secondary N) is 2. The number of carbonyl (C=O) groups excluding carboxylic acids is 1. The van der Waals surface area contributed by atoms with E-state index in [0.717, 1.165) is 10.7 Å². The number of hydrogen-bond donors (Lipinski definition) is 3. The van der Waals surface area contributed by atoms with Gasteiger partial charge in [-0.1, -0.05) is 0 Å². The lowest BCUT2D eigenvalue weighted by Crippen LogP contribution is -2.27. The predicted octanol–water partition coefficient (Wildman–Crippen LogP) is 2.89. The first kappa shape index (κ1) is 21.2. The molecule has 13 heteroatoms. The Labute approximate surface area is 174 Å². The van der Waals surface area contributed by atoms with E-state index in [4.69, 9.17) is 5.11 Å². The van der Waals surface area contributed by atoms with E-state index in [1.807, 2.05) is 28.1 Å². The second-order valence-corrected chi connectivity index (χ2v) is 6.84. The maximum Gasteiger partial charge on any atom is 0.420 e. The molecule has 1 amide bonds. The van der Waals surface area contributed by atoms with Gasteiger partial charge in [-0.3, -0.25) is 14.0 Å². The molecular formula is C16H12F4IN5O3. The first-order valence-corrected chi connectivity index (χ1v) is 8.99. The van der Waals surface area contributed by atoms with Crippen LogP contribution in [0.5, 0.6) is 0 Å². The summed E-state index contributed by atoms with van der Waals surface area (Å²) in [5.74, 6) is -1.93. The molecule has 0 unspecified atom stereocenters. The van der Waals surface area contributed by atoms with E-state index < -0.39 is 41.3 Å². The van der Waals surface area contributed by atoms with Crippen LogP contribution in [0.2, 0.25) is 0 Å². The Morgan fingerprint density at radius 2 is 2.07 bits per heavy atom. The summed E-state index contributed by atoms with van der Waals surface area (Å²) in [6.45, 7) is -0.696. The number of amides is 1.